The maximum Gasteiger partial charge on any atom is 0.511 e. The van der Waals surface area contributed by atoms with Crippen LogP contribution >= 0.6 is 11.8 Å². The van der Waals surface area contributed by atoms with Crippen molar-refractivity contribution in [2.24, 2.45) is 0 Å². The summed E-state index contributed by atoms with van der Waals surface area (Å²) in [5.74, 6) is 0.143. The van der Waals surface area contributed by atoms with Crippen molar-refractivity contribution in [3.63, 3.8) is 0 Å². The molecule has 2 aromatic rings. The van der Waals surface area contributed by atoms with E-state index in [4.69, 9.17) is 14.6 Å². The lowest BCUT2D eigenvalue weighted by Gasteiger charge is -2.31. The van der Waals surface area contributed by atoms with E-state index in [1.165, 1.54) is 6.20 Å². The van der Waals surface area contributed by atoms with Gasteiger partial charge < -0.3 is 23.9 Å². The van der Waals surface area contributed by atoms with Gasteiger partial charge in [-0.25, -0.2) is 9.18 Å². The molecule has 2 unspecified atom stereocenters. The Hall–Kier alpha value is -2.26. The molecule has 7 nitrogen and oxygen atoms in total. The Kier molecular flexibility index (Phi) is 4.28. The smallest absolute Gasteiger partial charge is 0.489 e. The number of thioether (sulfide) groups is 1. The molecule has 2 atom stereocenters. The van der Waals surface area contributed by atoms with Crippen LogP contribution in [0.3, 0.4) is 0 Å². The number of nitrogens with zero attached hydrogens (tertiary/aromatic N) is 1. The van der Waals surface area contributed by atoms with Crippen molar-refractivity contribution in [3.8, 4) is 11.5 Å². The summed E-state index contributed by atoms with van der Waals surface area (Å²) in [4.78, 5) is 23.5. The molecule has 3 heterocycles. The van der Waals surface area contributed by atoms with E-state index in [1.807, 2.05) is 6.92 Å². The molecule has 1 aromatic carbocycles. The summed E-state index contributed by atoms with van der Waals surface area (Å²) in [6, 6.07) is 0.966. The molecule has 26 heavy (non-hydrogen) atoms. The number of hydrogen-bond donors (Lipinski definition) is 1. The molecule has 138 valence electrons. The minimum absolute atomic E-state index is 0.0354. The van der Waals surface area contributed by atoms with E-state index in [2.05, 4.69) is 4.74 Å². The van der Waals surface area contributed by atoms with E-state index in [-0.39, 0.29) is 29.0 Å². The zero-order valence-corrected chi connectivity index (χ0v) is 14.7. The Balaban J connectivity index is 2.00. The molecule has 0 radical (unpaired) electrons. The summed E-state index contributed by atoms with van der Waals surface area (Å²) < 4.78 is 32.5. The van der Waals surface area contributed by atoms with Crippen LogP contribution < -0.4 is 14.9 Å². The summed E-state index contributed by atoms with van der Waals surface area (Å²) in [7, 11) is 0. The monoisotopic (exact) mass is 381 g/mol. The van der Waals surface area contributed by atoms with Crippen molar-refractivity contribution in [2.75, 3.05) is 25.6 Å². The predicted molar refractivity (Wildman–Crippen MR) is 93.0 cm³/mol. The minimum atomic E-state index is -1.60. The van der Waals surface area contributed by atoms with Crippen molar-refractivity contribution in [2.45, 2.75) is 18.2 Å². The number of rotatable bonds is 2. The van der Waals surface area contributed by atoms with Gasteiger partial charge in [-0.15, -0.1) is 11.8 Å². The SMILES string of the molecule is CC1COc2c(C3COCCS3)c(F)cc3c(=O)c(OC(=O)O)cn1c23. The van der Waals surface area contributed by atoms with E-state index in [0.29, 0.717) is 30.0 Å². The molecular weight excluding hydrogens is 365 g/mol. The number of hydrogen-bond acceptors (Lipinski definition) is 6. The topological polar surface area (TPSA) is 87.0 Å². The Labute approximate surface area is 151 Å². The minimum Gasteiger partial charge on any atom is -0.489 e. The van der Waals surface area contributed by atoms with Crippen LogP contribution in [-0.2, 0) is 4.74 Å². The first-order chi connectivity index (χ1) is 12.5. The van der Waals surface area contributed by atoms with Gasteiger partial charge in [0.2, 0.25) is 5.43 Å². The second-order valence-corrected chi connectivity index (χ2v) is 7.50. The van der Waals surface area contributed by atoms with Crippen molar-refractivity contribution >= 4 is 28.8 Å². The normalized spacial score (nSPS) is 22.1. The lowest BCUT2D eigenvalue weighted by atomic mass is 10.0. The molecule has 0 spiro atoms. The third-order valence-corrected chi connectivity index (χ3v) is 5.68. The molecule has 0 bridgehead atoms. The molecule has 0 aliphatic carbocycles. The number of carboxylic acid groups (broad SMARTS) is 1. The highest BCUT2D eigenvalue weighted by Crippen LogP contribution is 2.44. The fourth-order valence-corrected chi connectivity index (χ4v) is 4.42. The highest BCUT2D eigenvalue weighted by molar-refractivity contribution is 7.99. The van der Waals surface area contributed by atoms with E-state index >= 15 is 0 Å². The Morgan fingerprint density at radius 1 is 1.46 bits per heavy atom. The Morgan fingerprint density at radius 2 is 2.27 bits per heavy atom. The summed E-state index contributed by atoms with van der Waals surface area (Å²) in [6.45, 7) is 3.11. The van der Waals surface area contributed by atoms with Gasteiger partial charge in [-0.1, -0.05) is 0 Å². The van der Waals surface area contributed by atoms with Gasteiger partial charge in [0.15, 0.2) is 11.5 Å². The highest BCUT2D eigenvalue weighted by Gasteiger charge is 2.31. The van der Waals surface area contributed by atoms with Crippen LogP contribution in [0.4, 0.5) is 9.18 Å². The first kappa shape index (κ1) is 17.2. The molecule has 1 saturated heterocycles. The van der Waals surface area contributed by atoms with Crippen molar-refractivity contribution in [1.29, 1.82) is 0 Å². The molecular formula is C17H16FNO6S. The van der Waals surface area contributed by atoms with Gasteiger partial charge >= 0.3 is 6.16 Å². The standard InChI is InChI=1S/C17H16FNO6S/c1-8-6-24-16-13(12-7-23-2-3-26-12)10(18)4-9-14(16)19(8)5-11(15(9)20)25-17(21)22/h4-5,8,12H,2-3,6-7H2,1H3,(H,21,22). The van der Waals surface area contributed by atoms with Crippen LogP contribution in [0.15, 0.2) is 17.1 Å². The number of ether oxygens (including phenoxy) is 3. The fraction of sp³-hybridized carbons (Fsp3) is 0.412. The van der Waals surface area contributed by atoms with Crippen LogP contribution in [0, 0.1) is 5.82 Å². The van der Waals surface area contributed by atoms with E-state index in [0.717, 1.165) is 11.8 Å². The average Bonchev–Trinajstić information content (AvgIpc) is 2.61. The quantitative estimate of drug-likeness (QED) is 0.800. The van der Waals surface area contributed by atoms with Gasteiger partial charge in [0.25, 0.3) is 0 Å². The predicted octanol–water partition coefficient (Wildman–Crippen LogP) is 2.96. The number of aromatic nitrogens is 1. The summed E-state index contributed by atoms with van der Waals surface area (Å²) in [5, 5.41) is 8.65. The van der Waals surface area contributed by atoms with Gasteiger partial charge in [0.05, 0.1) is 41.6 Å². The van der Waals surface area contributed by atoms with E-state index < -0.39 is 17.4 Å². The van der Waals surface area contributed by atoms with Crippen LogP contribution in [0.1, 0.15) is 23.8 Å². The maximum absolute atomic E-state index is 14.9. The van der Waals surface area contributed by atoms with Crippen LogP contribution in [0.25, 0.3) is 10.9 Å². The molecule has 0 amide bonds. The number of pyridine rings is 1. The summed E-state index contributed by atoms with van der Waals surface area (Å²) in [5.41, 5.74) is 0.152. The molecule has 9 heteroatoms. The van der Waals surface area contributed by atoms with Crippen LogP contribution in [0.5, 0.6) is 11.5 Å². The molecule has 1 fully saturated rings. The lowest BCUT2D eigenvalue weighted by molar-refractivity contribution is 0.141. The largest absolute Gasteiger partial charge is 0.511 e. The summed E-state index contributed by atoms with van der Waals surface area (Å²) >= 11 is 1.58. The maximum atomic E-state index is 14.9. The fourth-order valence-electron chi connectivity index (χ4n) is 3.34. The molecule has 4 rings (SSSR count). The molecule has 1 N–H and O–H groups in total. The van der Waals surface area contributed by atoms with Gasteiger partial charge in [0.1, 0.15) is 12.4 Å². The first-order valence-corrected chi connectivity index (χ1v) is 9.16. The Bertz CT molecular complexity index is 953. The average molecular weight is 381 g/mol. The van der Waals surface area contributed by atoms with Crippen LogP contribution in [-0.4, -0.2) is 41.4 Å². The zero-order valence-electron chi connectivity index (χ0n) is 13.9. The van der Waals surface area contributed by atoms with Crippen molar-refractivity contribution in [1.82, 2.24) is 4.57 Å². The van der Waals surface area contributed by atoms with Crippen LogP contribution in [0.2, 0.25) is 0 Å². The summed E-state index contributed by atoms with van der Waals surface area (Å²) in [6.07, 6.45) is -0.246. The first-order valence-electron chi connectivity index (χ1n) is 8.11. The van der Waals surface area contributed by atoms with E-state index in [9.17, 15) is 14.0 Å². The number of benzene rings is 1. The van der Waals surface area contributed by atoms with Gasteiger partial charge in [-0.2, -0.15) is 0 Å². The lowest BCUT2D eigenvalue weighted by Crippen LogP contribution is -2.26. The highest BCUT2D eigenvalue weighted by atomic mass is 32.2. The Morgan fingerprint density at radius 3 is 2.96 bits per heavy atom. The second-order valence-electron chi connectivity index (χ2n) is 6.19. The van der Waals surface area contributed by atoms with Gasteiger partial charge in [0, 0.05) is 11.3 Å². The molecule has 2 aliphatic rings. The number of halogens is 1. The van der Waals surface area contributed by atoms with Gasteiger partial charge in [-0.05, 0) is 13.0 Å². The van der Waals surface area contributed by atoms with Gasteiger partial charge in [-0.3, -0.25) is 4.79 Å². The zero-order chi connectivity index (χ0) is 18.4. The van der Waals surface area contributed by atoms with E-state index in [1.54, 1.807) is 16.3 Å². The number of carbonyl (C=O) groups is 1. The van der Waals surface area contributed by atoms with Crippen molar-refractivity contribution in [3.05, 3.63) is 33.9 Å². The molecule has 1 aromatic heterocycles. The third kappa shape index (κ3) is 2.71. The second kappa shape index (κ2) is 6.48. The third-order valence-electron chi connectivity index (χ3n) is 4.51. The molecule has 2 aliphatic heterocycles. The molecule has 0 saturated carbocycles. The van der Waals surface area contributed by atoms with Crippen molar-refractivity contribution < 1.29 is 28.5 Å².